The van der Waals surface area contributed by atoms with Crippen molar-refractivity contribution in [3.05, 3.63) is 42.9 Å². The number of methoxy groups -OCH3 is 1. The van der Waals surface area contributed by atoms with Crippen LogP contribution in [0.3, 0.4) is 0 Å². The lowest BCUT2D eigenvalue weighted by molar-refractivity contribution is 0.307. The molecule has 7 heteroatoms. The molecule has 0 atom stereocenters. The fraction of sp³-hybridized carbons (Fsp3) is 0.316. The Labute approximate surface area is 150 Å². The van der Waals surface area contributed by atoms with Gasteiger partial charge in [-0.15, -0.1) is 5.10 Å². The molecule has 4 heterocycles. The first-order valence-electron chi connectivity index (χ1n) is 8.85. The smallest absolute Gasteiger partial charge is 0.244 e. The highest BCUT2D eigenvalue weighted by atomic mass is 16.5. The van der Waals surface area contributed by atoms with Crippen LogP contribution in [-0.2, 0) is 0 Å². The number of nitrogens with one attached hydrogen (secondary N) is 1. The van der Waals surface area contributed by atoms with E-state index in [2.05, 4.69) is 33.5 Å². The van der Waals surface area contributed by atoms with Crippen molar-refractivity contribution in [2.45, 2.75) is 25.8 Å². The molecule has 4 aromatic rings. The van der Waals surface area contributed by atoms with E-state index in [0.717, 1.165) is 40.9 Å². The van der Waals surface area contributed by atoms with Gasteiger partial charge in [0.2, 0.25) is 11.8 Å². The Balaban J connectivity index is 1.58. The SMILES string of the molecule is COc1nc(N[C@H]2C[C@@H](C)C2)nn2ccc(-c3ccn4nccc4c3)c12. The minimum Gasteiger partial charge on any atom is -0.479 e. The lowest BCUT2D eigenvalue weighted by Crippen LogP contribution is -2.34. The van der Waals surface area contributed by atoms with E-state index >= 15 is 0 Å². The molecular weight excluding hydrogens is 328 g/mol. The molecule has 1 aliphatic rings. The molecule has 0 aliphatic heterocycles. The van der Waals surface area contributed by atoms with Crippen LogP contribution in [0, 0.1) is 5.92 Å². The number of hydrogen-bond acceptors (Lipinski definition) is 5. The van der Waals surface area contributed by atoms with Crippen LogP contribution >= 0.6 is 0 Å². The van der Waals surface area contributed by atoms with Crippen molar-refractivity contribution in [2.24, 2.45) is 5.92 Å². The first kappa shape index (κ1) is 15.2. The summed E-state index contributed by atoms with van der Waals surface area (Å²) >= 11 is 0. The number of ether oxygens (including phenoxy) is 1. The molecule has 1 fully saturated rings. The van der Waals surface area contributed by atoms with Gasteiger partial charge in [0.1, 0.15) is 5.52 Å². The Morgan fingerprint density at radius 2 is 2.00 bits per heavy atom. The summed E-state index contributed by atoms with van der Waals surface area (Å²) in [5, 5.41) is 12.3. The van der Waals surface area contributed by atoms with Gasteiger partial charge in [0.15, 0.2) is 0 Å². The molecule has 132 valence electrons. The molecule has 0 radical (unpaired) electrons. The van der Waals surface area contributed by atoms with E-state index in [4.69, 9.17) is 4.74 Å². The molecule has 1 saturated carbocycles. The normalized spacial score (nSPS) is 19.6. The number of anilines is 1. The number of rotatable bonds is 4. The fourth-order valence-corrected chi connectivity index (χ4v) is 3.72. The van der Waals surface area contributed by atoms with Gasteiger partial charge in [-0.2, -0.15) is 10.1 Å². The van der Waals surface area contributed by atoms with Gasteiger partial charge in [-0.1, -0.05) is 6.92 Å². The van der Waals surface area contributed by atoms with Gasteiger partial charge < -0.3 is 10.1 Å². The summed E-state index contributed by atoms with van der Waals surface area (Å²) in [4.78, 5) is 4.59. The van der Waals surface area contributed by atoms with Crippen molar-refractivity contribution < 1.29 is 4.74 Å². The van der Waals surface area contributed by atoms with Gasteiger partial charge >= 0.3 is 0 Å². The molecule has 5 rings (SSSR count). The van der Waals surface area contributed by atoms with Crippen LogP contribution in [0.1, 0.15) is 19.8 Å². The zero-order chi connectivity index (χ0) is 17.7. The lowest BCUT2D eigenvalue weighted by Gasteiger charge is -2.33. The van der Waals surface area contributed by atoms with E-state index in [1.165, 1.54) is 0 Å². The summed E-state index contributed by atoms with van der Waals surface area (Å²) in [6.45, 7) is 2.26. The Kier molecular flexibility index (Phi) is 3.34. The highest BCUT2D eigenvalue weighted by Crippen LogP contribution is 2.33. The average molecular weight is 348 g/mol. The van der Waals surface area contributed by atoms with Crippen LogP contribution in [0.4, 0.5) is 5.95 Å². The molecule has 7 nitrogen and oxygen atoms in total. The van der Waals surface area contributed by atoms with Crippen LogP contribution in [0.15, 0.2) is 42.9 Å². The Hall–Kier alpha value is -3.09. The van der Waals surface area contributed by atoms with E-state index < -0.39 is 0 Å². The van der Waals surface area contributed by atoms with Crippen LogP contribution in [0.5, 0.6) is 5.88 Å². The van der Waals surface area contributed by atoms with Gasteiger partial charge in [0.05, 0.1) is 12.6 Å². The predicted molar refractivity (Wildman–Crippen MR) is 99.5 cm³/mol. The largest absolute Gasteiger partial charge is 0.479 e. The molecule has 1 aliphatic carbocycles. The quantitative estimate of drug-likeness (QED) is 0.613. The highest BCUT2D eigenvalue weighted by Gasteiger charge is 2.26. The molecule has 4 aromatic heterocycles. The van der Waals surface area contributed by atoms with Crippen LogP contribution < -0.4 is 10.1 Å². The minimum atomic E-state index is 0.450. The van der Waals surface area contributed by atoms with Crippen molar-refractivity contribution in [1.29, 1.82) is 0 Å². The maximum Gasteiger partial charge on any atom is 0.244 e. The van der Waals surface area contributed by atoms with E-state index in [9.17, 15) is 0 Å². The van der Waals surface area contributed by atoms with Crippen molar-refractivity contribution in [1.82, 2.24) is 24.2 Å². The Morgan fingerprint density at radius 1 is 1.15 bits per heavy atom. The number of nitrogens with zero attached hydrogens (tertiary/aromatic N) is 5. The van der Waals surface area contributed by atoms with E-state index in [1.807, 2.05) is 39.6 Å². The highest BCUT2D eigenvalue weighted by molar-refractivity contribution is 5.85. The Morgan fingerprint density at radius 3 is 2.81 bits per heavy atom. The lowest BCUT2D eigenvalue weighted by atomic mass is 9.82. The topological polar surface area (TPSA) is 68.8 Å². The summed E-state index contributed by atoms with van der Waals surface area (Å²) in [5.74, 6) is 1.96. The molecule has 0 saturated heterocycles. The van der Waals surface area contributed by atoms with Gasteiger partial charge in [-0.05, 0) is 48.6 Å². The minimum absolute atomic E-state index is 0.450. The van der Waals surface area contributed by atoms with Crippen molar-refractivity contribution in [3.63, 3.8) is 0 Å². The monoisotopic (exact) mass is 348 g/mol. The first-order chi connectivity index (χ1) is 12.7. The number of pyridine rings is 1. The Bertz CT molecular complexity index is 1090. The summed E-state index contributed by atoms with van der Waals surface area (Å²) in [5.41, 5.74) is 4.02. The summed E-state index contributed by atoms with van der Waals surface area (Å²) < 4.78 is 9.27. The van der Waals surface area contributed by atoms with E-state index in [-0.39, 0.29) is 0 Å². The standard InChI is InChI=1S/C19H20N6O/c1-12-9-14(10-12)21-19-22-18(26-2)17-16(5-8-25(17)23-19)13-4-7-24-15(11-13)3-6-20-24/h3-8,11-12,14H,9-10H2,1-2H3,(H,21,23)/t12-,14+. The molecule has 0 spiro atoms. The molecule has 0 amide bonds. The maximum absolute atomic E-state index is 5.59. The van der Waals surface area contributed by atoms with E-state index in [1.54, 1.807) is 13.3 Å². The summed E-state index contributed by atoms with van der Waals surface area (Å²) in [6.07, 6.45) is 8.01. The van der Waals surface area contributed by atoms with Crippen molar-refractivity contribution >= 4 is 17.0 Å². The van der Waals surface area contributed by atoms with Crippen molar-refractivity contribution in [3.8, 4) is 17.0 Å². The second-order valence-electron chi connectivity index (χ2n) is 7.00. The van der Waals surface area contributed by atoms with Crippen LogP contribution in [0.25, 0.3) is 22.2 Å². The molecule has 0 unspecified atom stereocenters. The second-order valence-corrected chi connectivity index (χ2v) is 7.00. The first-order valence-corrected chi connectivity index (χ1v) is 8.85. The van der Waals surface area contributed by atoms with Gasteiger partial charge in [-0.3, -0.25) is 0 Å². The molecule has 0 bridgehead atoms. The zero-order valence-electron chi connectivity index (χ0n) is 14.8. The van der Waals surface area contributed by atoms with Gasteiger partial charge in [0, 0.05) is 30.2 Å². The second kappa shape index (κ2) is 5.72. The van der Waals surface area contributed by atoms with Crippen LogP contribution in [-0.4, -0.2) is 37.4 Å². The van der Waals surface area contributed by atoms with Crippen molar-refractivity contribution in [2.75, 3.05) is 12.4 Å². The third-order valence-corrected chi connectivity index (χ3v) is 5.09. The number of aromatic nitrogens is 5. The summed E-state index contributed by atoms with van der Waals surface area (Å²) in [7, 11) is 1.65. The molecule has 1 N–H and O–H groups in total. The number of hydrogen-bond donors (Lipinski definition) is 1. The third kappa shape index (κ3) is 2.39. The third-order valence-electron chi connectivity index (χ3n) is 5.09. The number of fused-ring (bicyclic) bond motifs is 2. The van der Waals surface area contributed by atoms with Gasteiger partial charge in [-0.25, -0.2) is 9.03 Å². The fourth-order valence-electron chi connectivity index (χ4n) is 3.72. The summed E-state index contributed by atoms with van der Waals surface area (Å²) in [6, 6.07) is 8.62. The maximum atomic E-state index is 5.59. The van der Waals surface area contributed by atoms with Crippen LogP contribution in [0.2, 0.25) is 0 Å². The molecular formula is C19H20N6O. The molecule has 26 heavy (non-hydrogen) atoms. The van der Waals surface area contributed by atoms with E-state index in [0.29, 0.717) is 17.9 Å². The molecule has 0 aromatic carbocycles. The zero-order valence-corrected chi connectivity index (χ0v) is 14.8. The average Bonchev–Trinajstić information content (AvgIpc) is 3.25. The van der Waals surface area contributed by atoms with Gasteiger partial charge in [0.25, 0.3) is 0 Å². The predicted octanol–water partition coefficient (Wildman–Crippen LogP) is 3.26.